The molecule has 1 aromatic carbocycles. The third kappa shape index (κ3) is 5.69. The molecule has 1 atom stereocenters. The summed E-state index contributed by atoms with van der Waals surface area (Å²) in [4.78, 5) is 25.3. The van der Waals surface area contributed by atoms with Gasteiger partial charge in [-0.25, -0.2) is 8.42 Å². The molecule has 0 spiro atoms. The molecule has 1 saturated heterocycles. The Balaban J connectivity index is 1.61. The molecule has 0 saturated carbocycles. The van der Waals surface area contributed by atoms with E-state index in [-0.39, 0.29) is 47.2 Å². The Kier molecular flexibility index (Phi) is 8.05. The van der Waals surface area contributed by atoms with Gasteiger partial charge >= 0.3 is 0 Å². The SMILES string of the molecule is CNc1ccc(S(=O)(=O)N2CCC(C(=O)NCC(c3ccsc3)N(C)C)CC2)cc1[N+](=O)[O-]. The van der Waals surface area contributed by atoms with Gasteiger partial charge in [0.25, 0.3) is 5.69 Å². The standard InChI is InChI=1S/C21H29N5O5S2/c1-22-18-5-4-17(12-19(18)26(28)29)33(30,31)25-9-6-15(7-10-25)21(27)23-13-20(24(2)3)16-8-11-32-14-16/h4-5,8,11-12,14-15,20,22H,6-7,9-10,13H2,1-3H3,(H,23,27). The fourth-order valence-corrected chi connectivity index (χ4v) is 6.14. The van der Waals surface area contributed by atoms with Crippen LogP contribution in [0.4, 0.5) is 11.4 Å². The maximum Gasteiger partial charge on any atom is 0.293 e. The molecule has 10 nitrogen and oxygen atoms in total. The molecule has 0 radical (unpaired) electrons. The molecule has 1 unspecified atom stereocenters. The summed E-state index contributed by atoms with van der Waals surface area (Å²) >= 11 is 1.61. The number of nitro groups is 1. The summed E-state index contributed by atoms with van der Waals surface area (Å²) in [6, 6.07) is 5.93. The zero-order valence-electron chi connectivity index (χ0n) is 18.9. The van der Waals surface area contributed by atoms with Crippen molar-refractivity contribution in [2.75, 3.05) is 46.1 Å². The largest absolute Gasteiger partial charge is 0.383 e. The molecule has 2 heterocycles. The normalized spacial score (nSPS) is 16.5. The maximum atomic E-state index is 13.0. The van der Waals surface area contributed by atoms with Crippen molar-refractivity contribution in [2.24, 2.45) is 5.92 Å². The van der Waals surface area contributed by atoms with Crippen molar-refractivity contribution in [1.29, 1.82) is 0 Å². The lowest BCUT2D eigenvalue weighted by molar-refractivity contribution is -0.384. The monoisotopic (exact) mass is 495 g/mol. The second-order valence-corrected chi connectivity index (χ2v) is 10.9. The minimum absolute atomic E-state index is 0.0667. The second kappa shape index (κ2) is 10.6. The van der Waals surface area contributed by atoms with Gasteiger partial charge in [-0.3, -0.25) is 14.9 Å². The lowest BCUT2D eigenvalue weighted by Gasteiger charge is -2.31. The van der Waals surface area contributed by atoms with Crippen molar-refractivity contribution in [1.82, 2.24) is 14.5 Å². The number of nitrogens with zero attached hydrogens (tertiary/aromatic N) is 3. The Hall–Kier alpha value is -2.54. The lowest BCUT2D eigenvalue weighted by Crippen LogP contribution is -2.44. The third-order valence-electron chi connectivity index (χ3n) is 5.92. The van der Waals surface area contributed by atoms with E-state index in [0.717, 1.165) is 11.6 Å². The number of carbonyl (C=O) groups is 1. The van der Waals surface area contributed by atoms with Gasteiger partial charge in [-0.05, 0) is 61.5 Å². The fourth-order valence-electron chi connectivity index (χ4n) is 3.95. The van der Waals surface area contributed by atoms with Gasteiger partial charge in [-0.2, -0.15) is 15.6 Å². The van der Waals surface area contributed by atoms with Crippen LogP contribution in [0.15, 0.2) is 39.9 Å². The number of nitro benzene ring substituents is 1. The number of thiophene rings is 1. The van der Waals surface area contributed by atoms with E-state index in [2.05, 4.69) is 20.9 Å². The lowest BCUT2D eigenvalue weighted by atomic mass is 9.97. The Labute approximate surface area is 197 Å². The summed E-state index contributed by atoms with van der Waals surface area (Å²) in [5.74, 6) is -0.356. The summed E-state index contributed by atoms with van der Waals surface area (Å²) < 4.78 is 27.4. The van der Waals surface area contributed by atoms with Crippen LogP contribution in [0.1, 0.15) is 24.4 Å². The van der Waals surface area contributed by atoms with E-state index in [9.17, 15) is 23.3 Å². The van der Waals surface area contributed by atoms with Gasteiger partial charge in [0, 0.05) is 38.7 Å². The van der Waals surface area contributed by atoms with Crippen molar-refractivity contribution in [3.05, 3.63) is 50.7 Å². The average molecular weight is 496 g/mol. The number of likely N-dealkylation sites (N-methyl/N-ethyl adjacent to an activating group) is 1. The molecule has 2 N–H and O–H groups in total. The van der Waals surface area contributed by atoms with Crippen molar-refractivity contribution in [3.8, 4) is 0 Å². The molecule has 1 amide bonds. The quantitative estimate of drug-likeness (QED) is 0.404. The van der Waals surface area contributed by atoms with Crippen LogP contribution in [0.25, 0.3) is 0 Å². The predicted octanol–water partition coefficient (Wildman–Crippen LogP) is 2.52. The van der Waals surface area contributed by atoms with Crippen molar-refractivity contribution in [2.45, 2.75) is 23.8 Å². The molecule has 0 aliphatic carbocycles. The first kappa shape index (κ1) is 25.1. The first-order chi connectivity index (χ1) is 15.6. The predicted molar refractivity (Wildman–Crippen MR) is 128 cm³/mol. The van der Waals surface area contributed by atoms with Crippen LogP contribution in [-0.4, -0.2) is 69.2 Å². The van der Waals surface area contributed by atoms with Gasteiger partial charge in [0.05, 0.1) is 15.9 Å². The van der Waals surface area contributed by atoms with Crippen molar-refractivity contribution in [3.63, 3.8) is 0 Å². The van der Waals surface area contributed by atoms with E-state index in [4.69, 9.17) is 0 Å². The van der Waals surface area contributed by atoms with E-state index in [0.29, 0.717) is 19.4 Å². The summed E-state index contributed by atoms with van der Waals surface area (Å²) in [5.41, 5.74) is 1.09. The fraction of sp³-hybridized carbons (Fsp3) is 0.476. The number of piperidine rings is 1. The molecule has 2 aromatic rings. The summed E-state index contributed by atoms with van der Waals surface area (Å²) in [5, 5.41) is 21.1. The van der Waals surface area contributed by atoms with Gasteiger partial charge in [0.1, 0.15) is 5.69 Å². The minimum Gasteiger partial charge on any atom is -0.383 e. The van der Waals surface area contributed by atoms with Crippen molar-refractivity contribution >= 4 is 38.6 Å². The zero-order chi connectivity index (χ0) is 24.2. The number of anilines is 1. The number of nitrogens with one attached hydrogen (secondary N) is 2. The highest BCUT2D eigenvalue weighted by Crippen LogP contribution is 2.30. The summed E-state index contributed by atoms with van der Waals surface area (Å²) in [7, 11) is 1.57. The number of benzene rings is 1. The molecule has 1 aromatic heterocycles. The highest BCUT2D eigenvalue weighted by atomic mass is 32.2. The molecule has 1 aliphatic heterocycles. The highest BCUT2D eigenvalue weighted by Gasteiger charge is 2.33. The van der Waals surface area contributed by atoms with E-state index in [1.165, 1.54) is 23.5 Å². The van der Waals surface area contributed by atoms with E-state index in [1.54, 1.807) is 11.3 Å². The first-order valence-electron chi connectivity index (χ1n) is 10.6. The molecule has 1 aliphatic rings. The molecule has 12 heteroatoms. The Morgan fingerprint density at radius 1 is 1.30 bits per heavy atom. The summed E-state index contributed by atoms with van der Waals surface area (Å²) in [6.07, 6.45) is 0.791. The smallest absolute Gasteiger partial charge is 0.293 e. The van der Waals surface area contributed by atoms with Crippen LogP contribution in [0.2, 0.25) is 0 Å². The van der Waals surface area contributed by atoms with Gasteiger partial charge in [0.2, 0.25) is 15.9 Å². The number of rotatable bonds is 9. The maximum absolute atomic E-state index is 13.0. The molecular formula is C21H29N5O5S2. The Morgan fingerprint density at radius 2 is 2.00 bits per heavy atom. The molecular weight excluding hydrogens is 466 g/mol. The zero-order valence-corrected chi connectivity index (χ0v) is 20.5. The van der Waals surface area contributed by atoms with E-state index < -0.39 is 14.9 Å². The van der Waals surface area contributed by atoms with Gasteiger partial charge in [0.15, 0.2) is 0 Å². The molecule has 33 heavy (non-hydrogen) atoms. The van der Waals surface area contributed by atoms with Gasteiger partial charge < -0.3 is 15.5 Å². The van der Waals surface area contributed by atoms with Gasteiger partial charge in [-0.1, -0.05) is 0 Å². The minimum atomic E-state index is -3.89. The number of amides is 1. The van der Waals surface area contributed by atoms with Crippen LogP contribution in [0.5, 0.6) is 0 Å². The first-order valence-corrected chi connectivity index (χ1v) is 13.0. The summed E-state index contributed by atoms with van der Waals surface area (Å²) in [6.45, 7) is 0.843. The molecule has 1 fully saturated rings. The third-order valence-corrected chi connectivity index (χ3v) is 8.51. The van der Waals surface area contributed by atoms with Gasteiger partial charge in [-0.15, -0.1) is 0 Å². The number of sulfonamides is 1. The Bertz CT molecular complexity index is 1080. The van der Waals surface area contributed by atoms with Crippen LogP contribution >= 0.6 is 11.3 Å². The van der Waals surface area contributed by atoms with Crippen LogP contribution < -0.4 is 10.6 Å². The van der Waals surface area contributed by atoms with E-state index in [1.807, 2.05) is 25.5 Å². The van der Waals surface area contributed by atoms with Crippen molar-refractivity contribution < 1.29 is 18.1 Å². The molecule has 0 bridgehead atoms. The van der Waals surface area contributed by atoms with Crippen LogP contribution in [-0.2, 0) is 14.8 Å². The molecule has 3 rings (SSSR count). The number of carbonyl (C=O) groups excluding carboxylic acids is 1. The average Bonchev–Trinajstić information content (AvgIpc) is 3.32. The second-order valence-electron chi connectivity index (χ2n) is 8.15. The topological polar surface area (TPSA) is 125 Å². The van der Waals surface area contributed by atoms with Crippen LogP contribution in [0, 0.1) is 16.0 Å². The van der Waals surface area contributed by atoms with E-state index >= 15 is 0 Å². The molecule has 180 valence electrons. The highest BCUT2D eigenvalue weighted by molar-refractivity contribution is 7.89. The van der Waals surface area contributed by atoms with Crippen LogP contribution in [0.3, 0.4) is 0 Å². The Morgan fingerprint density at radius 3 is 2.55 bits per heavy atom. The number of hydrogen-bond donors (Lipinski definition) is 2. The number of hydrogen-bond acceptors (Lipinski definition) is 8.